The van der Waals surface area contributed by atoms with Crippen LogP contribution in [0.1, 0.15) is 35.2 Å². The predicted octanol–water partition coefficient (Wildman–Crippen LogP) is 2.65. The van der Waals surface area contributed by atoms with Crippen LogP contribution in [0, 0.1) is 12.8 Å². The molecule has 1 aliphatic carbocycles. The molecule has 98 valence electrons. The van der Waals surface area contributed by atoms with Crippen LogP contribution in [0.3, 0.4) is 0 Å². The fourth-order valence-electron chi connectivity index (χ4n) is 2.32. The Morgan fingerprint density at radius 3 is 2.89 bits per heavy atom. The van der Waals surface area contributed by atoms with Gasteiger partial charge in [-0.25, -0.2) is 0 Å². The first kappa shape index (κ1) is 13.6. The molecule has 2 N–H and O–H groups in total. The van der Waals surface area contributed by atoms with Gasteiger partial charge in [0.15, 0.2) is 0 Å². The summed E-state index contributed by atoms with van der Waals surface area (Å²) in [6, 6.07) is 5.57. The maximum absolute atomic E-state index is 12.0. The Balaban J connectivity index is 1.93. The second-order valence-corrected chi connectivity index (χ2v) is 5.79. The summed E-state index contributed by atoms with van der Waals surface area (Å²) < 4.78 is 0.941. The normalized spacial score (nSPS) is 23.1. The molecule has 3 nitrogen and oxygen atoms in total. The van der Waals surface area contributed by atoms with Gasteiger partial charge in [0.2, 0.25) is 0 Å². The van der Waals surface area contributed by atoms with E-state index in [1.54, 1.807) is 0 Å². The molecule has 2 unspecified atom stereocenters. The highest BCUT2D eigenvalue weighted by molar-refractivity contribution is 9.10. The number of aliphatic hydroxyl groups excluding tert-OH is 1. The van der Waals surface area contributed by atoms with Crippen molar-refractivity contribution < 1.29 is 9.90 Å². The van der Waals surface area contributed by atoms with Crippen LogP contribution in [0.5, 0.6) is 0 Å². The predicted molar refractivity (Wildman–Crippen MR) is 74.6 cm³/mol. The molecule has 2 rings (SSSR count). The van der Waals surface area contributed by atoms with E-state index in [0.29, 0.717) is 12.1 Å². The molecule has 0 spiro atoms. The molecule has 1 fully saturated rings. The van der Waals surface area contributed by atoms with Crippen molar-refractivity contribution in [2.45, 2.75) is 32.3 Å². The molecule has 0 heterocycles. The van der Waals surface area contributed by atoms with E-state index in [1.165, 1.54) is 0 Å². The van der Waals surface area contributed by atoms with Gasteiger partial charge >= 0.3 is 0 Å². The molecular formula is C14H18BrNO2. The highest BCUT2D eigenvalue weighted by Crippen LogP contribution is 2.24. The molecule has 1 amide bonds. The number of carbonyl (C=O) groups is 1. The third-order valence-corrected chi connectivity index (χ3v) is 4.43. The third kappa shape index (κ3) is 3.12. The minimum Gasteiger partial charge on any atom is -0.393 e. The lowest BCUT2D eigenvalue weighted by molar-refractivity contribution is 0.0916. The molecule has 1 aromatic carbocycles. The Morgan fingerprint density at radius 2 is 2.28 bits per heavy atom. The number of amides is 1. The maximum Gasteiger partial charge on any atom is 0.251 e. The number of benzene rings is 1. The minimum absolute atomic E-state index is 0.0743. The zero-order valence-corrected chi connectivity index (χ0v) is 12.0. The Bertz CT molecular complexity index is 447. The van der Waals surface area contributed by atoms with Crippen molar-refractivity contribution in [3.8, 4) is 0 Å². The summed E-state index contributed by atoms with van der Waals surface area (Å²) in [5.41, 5.74) is 1.76. The number of rotatable bonds is 3. The van der Waals surface area contributed by atoms with Crippen LogP contribution in [0.15, 0.2) is 22.7 Å². The van der Waals surface area contributed by atoms with E-state index < -0.39 is 0 Å². The number of hydrogen-bond acceptors (Lipinski definition) is 2. The summed E-state index contributed by atoms with van der Waals surface area (Å²) in [6.45, 7) is 2.55. The van der Waals surface area contributed by atoms with Gasteiger partial charge in [0.05, 0.1) is 6.10 Å². The summed E-state index contributed by atoms with van der Waals surface area (Å²) in [6.07, 6.45) is 2.66. The maximum atomic E-state index is 12.0. The van der Waals surface area contributed by atoms with E-state index in [0.717, 1.165) is 29.3 Å². The Labute approximate surface area is 116 Å². The van der Waals surface area contributed by atoms with Crippen LogP contribution >= 0.6 is 15.9 Å². The van der Waals surface area contributed by atoms with Gasteiger partial charge < -0.3 is 10.4 Å². The number of aryl methyl sites for hydroxylation is 1. The summed E-state index contributed by atoms with van der Waals surface area (Å²) >= 11 is 3.42. The number of halogens is 1. The van der Waals surface area contributed by atoms with Crippen LogP contribution in [0.2, 0.25) is 0 Å². The number of nitrogens with one attached hydrogen (secondary N) is 1. The fraction of sp³-hybridized carbons (Fsp3) is 0.500. The average molecular weight is 312 g/mol. The summed E-state index contributed by atoms with van der Waals surface area (Å²) in [5, 5.41) is 12.6. The Hall–Kier alpha value is -0.870. The van der Waals surface area contributed by atoms with Gasteiger partial charge in [0.25, 0.3) is 5.91 Å². The van der Waals surface area contributed by atoms with Gasteiger partial charge in [-0.3, -0.25) is 4.79 Å². The van der Waals surface area contributed by atoms with Crippen LogP contribution in [0.25, 0.3) is 0 Å². The van der Waals surface area contributed by atoms with Gasteiger partial charge in [-0.15, -0.1) is 0 Å². The van der Waals surface area contributed by atoms with Gasteiger partial charge in [-0.2, -0.15) is 0 Å². The van der Waals surface area contributed by atoms with Crippen molar-refractivity contribution in [3.63, 3.8) is 0 Å². The molecular weight excluding hydrogens is 294 g/mol. The highest BCUT2D eigenvalue weighted by atomic mass is 79.9. The van der Waals surface area contributed by atoms with Crippen LogP contribution in [-0.2, 0) is 0 Å². The first-order valence-corrected chi connectivity index (χ1v) is 7.09. The van der Waals surface area contributed by atoms with Gasteiger partial charge in [0, 0.05) is 22.5 Å². The van der Waals surface area contributed by atoms with E-state index in [-0.39, 0.29) is 17.9 Å². The van der Waals surface area contributed by atoms with E-state index in [2.05, 4.69) is 21.2 Å². The highest BCUT2D eigenvalue weighted by Gasteiger charge is 2.25. The summed E-state index contributed by atoms with van der Waals surface area (Å²) in [7, 11) is 0. The van der Waals surface area contributed by atoms with E-state index in [4.69, 9.17) is 0 Å². The Kier molecular flexibility index (Phi) is 4.40. The summed E-state index contributed by atoms with van der Waals surface area (Å²) in [4.78, 5) is 12.0. The lowest BCUT2D eigenvalue weighted by Crippen LogP contribution is -2.32. The average Bonchev–Trinajstić information content (AvgIpc) is 2.75. The lowest BCUT2D eigenvalue weighted by Gasteiger charge is -2.15. The van der Waals surface area contributed by atoms with Gasteiger partial charge in [-0.1, -0.05) is 28.4 Å². The van der Waals surface area contributed by atoms with Crippen LogP contribution in [0.4, 0.5) is 0 Å². The molecule has 1 aliphatic rings. The molecule has 4 heteroatoms. The fourth-order valence-corrected chi connectivity index (χ4v) is 2.69. The first-order chi connectivity index (χ1) is 8.58. The first-order valence-electron chi connectivity index (χ1n) is 6.30. The van der Waals surface area contributed by atoms with Crippen molar-refractivity contribution in [1.29, 1.82) is 0 Å². The number of aliphatic hydroxyl groups is 1. The lowest BCUT2D eigenvalue weighted by atomic mass is 10.1. The number of hydrogen-bond donors (Lipinski definition) is 2. The molecule has 2 atom stereocenters. The molecule has 0 saturated heterocycles. The van der Waals surface area contributed by atoms with Crippen molar-refractivity contribution in [2.75, 3.05) is 6.54 Å². The smallest absolute Gasteiger partial charge is 0.251 e. The second-order valence-electron chi connectivity index (χ2n) is 4.93. The van der Waals surface area contributed by atoms with Crippen LogP contribution < -0.4 is 5.32 Å². The summed E-state index contributed by atoms with van der Waals surface area (Å²) in [5.74, 6) is 0.137. The standard InChI is InChI=1S/C14H18BrNO2/c1-9-5-6-10(7-12(9)15)14(18)16-8-11-3-2-4-13(11)17/h5-7,11,13,17H,2-4,8H2,1H3,(H,16,18). The third-order valence-electron chi connectivity index (χ3n) is 3.58. The molecule has 0 radical (unpaired) electrons. The zero-order valence-electron chi connectivity index (χ0n) is 10.4. The van der Waals surface area contributed by atoms with E-state index in [1.807, 2.05) is 25.1 Å². The molecule has 1 saturated carbocycles. The second kappa shape index (κ2) is 5.85. The number of carbonyl (C=O) groups excluding carboxylic acids is 1. The van der Waals surface area contributed by atoms with Crippen molar-refractivity contribution in [1.82, 2.24) is 5.32 Å². The largest absolute Gasteiger partial charge is 0.393 e. The van der Waals surface area contributed by atoms with Gasteiger partial charge in [0.1, 0.15) is 0 Å². The minimum atomic E-state index is -0.255. The Morgan fingerprint density at radius 1 is 1.50 bits per heavy atom. The van der Waals surface area contributed by atoms with E-state index >= 15 is 0 Å². The quantitative estimate of drug-likeness (QED) is 0.901. The SMILES string of the molecule is Cc1ccc(C(=O)NCC2CCCC2O)cc1Br. The topological polar surface area (TPSA) is 49.3 Å². The van der Waals surface area contributed by atoms with E-state index in [9.17, 15) is 9.90 Å². The molecule has 0 bridgehead atoms. The van der Waals surface area contributed by atoms with Crippen molar-refractivity contribution >= 4 is 21.8 Å². The molecule has 0 aromatic heterocycles. The molecule has 18 heavy (non-hydrogen) atoms. The van der Waals surface area contributed by atoms with Crippen molar-refractivity contribution in [3.05, 3.63) is 33.8 Å². The molecule has 0 aliphatic heterocycles. The van der Waals surface area contributed by atoms with Crippen LogP contribution in [-0.4, -0.2) is 23.7 Å². The molecule has 1 aromatic rings. The van der Waals surface area contributed by atoms with Crippen molar-refractivity contribution in [2.24, 2.45) is 5.92 Å². The van der Waals surface area contributed by atoms with Gasteiger partial charge in [-0.05, 0) is 37.5 Å². The zero-order chi connectivity index (χ0) is 13.1. The monoisotopic (exact) mass is 311 g/mol.